The highest BCUT2D eigenvalue weighted by Gasteiger charge is 2.29. The number of aliphatic carboxylic acids is 1. The Morgan fingerprint density at radius 1 is 1.09 bits per heavy atom. The van der Waals surface area contributed by atoms with Gasteiger partial charge in [-0.25, -0.2) is 9.97 Å². The molecule has 1 aliphatic rings. The molecule has 0 aromatic carbocycles. The molecule has 0 aliphatic carbocycles. The number of carbonyl (C=O) groups is 1. The maximum atomic E-state index is 11.7. The number of carboxylic acid groups (broad SMARTS) is 1. The second-order valence-corrected chi connectivity index (χ2v) is 9.14. The van der Waals surface area contributed by atoms with Crippen molar-refractivity contribution < 1.29 is 14.6 Å². The van der Waals surface area contributed by atoms with Gasteiger partial charge in [-0.1, -0.05) is 13.8 Å². The van der Waals surface area contributed by atoms with Gasteiger partial charge in [-0.05, 0) is 43.4 Å². The van der Waals surface area contributed by atoms with Crippen LogP contribution in [0.4, 0.5) is 5.69 Å². The van der Waals surface area contributed by atoms with Crippen molar-refractivity contribution in [1.29, 1.82) is 0 Å². The first kappa shape index (κ1) is 22.6. The van der Waals surface area contributed by atoms with Crippen LogP contribution in [0, 0.1) is 12.3 Å². The number of aryl methyl sites for hydroxylation is 1. The highest BCUT2D eigenvalue weighted by molar-refractivity contribution is 5.83. The van der Waals surface area contributed by atoms with Gasteiger partial charge in [-0.2, -0.15) is 0 Å². The molecule has 0 amide bonds. The fourth-order valence-corrected chi connectivity index (χ4v) is 4.06. The van der Waals surface area contributed by atoms with Gasteiger partial charge in [0.25, 0.3) is 0 Å². The number of rotatable bonds is 7. The number of piperidine rings is 1. The Labute approximate surface area is 193 Å². The quantitative estimate of drug-likeness (QED) is 0.578. The summed E-state index contributed by atoms with van der Waals surface area (Å²) in [6.07, 6.45) is 8.84. The fraction of sp³-hybridized carbons (Fsp3) is 0.400. The SMILES string of the molecule is Cc1ncc(-c2ccc(OCc3ncccn3)cn2)c(N2CCC(C)(C)CC2)c1CC(=O)O. The highest BCUT2D eigenvalue weighted by Crippen LogP contribution is 2.39. The number of ether oxygens (including phenoxy) is 1. The van der Waals surface area contributed by atoms with Crippen LogP contribution in [0.1, 0.15) is 43.8 Å². The van der Waals surface area contributed by atoms with E-state index in [0.29, 0.717) is 11.6 Å². The van der Waals surface area contributed by atoms with Gasteiger partial charge in [0.05, 0.1) is 24.0 Å². The Bertz CT molecular complexity index is 1110. The topological polar surface area (TPSA) is 101 Å². The summed E-state index contributed by atoms with van der Waals surface area (Å²) in [5, 5.41) is 9.56. The van der Waals surface area contributed by atoms with Gasteiger partial charge in [0.2, 0.25) is 0 Å². The van der Waals surface area contributed by atoms with Crippen LogP contribution in [0.5, 0.6) is 5.75 Å². The standard InChI is InChI=1S/C25H29N5O3/c1-17-19(13-23(31)32)24(30-11-7-25(2,3)8-12-30)20(15-28-17)21-6-5-18(14-29-21)33-16-22-26-9-4-10-27-22/h4-6,9-10,14-15H,7-8,11-13,16H2,1-3H3,(H,31,32). The zero-order valence-corrected chi connectivity index (χ0v) is 19.3. The zero-order chi connectivity index (χ0) is 23.4. The Hall–Kier alpha value is -3.55. The molecule has 33 heavy (non-hydrogen) atoms. The third kappa shape index (κ3) is 5.45. The molecule has 0 saturated carbocycles. The molecular formula is C25H29N5O3. The van der Waals surface area contributed by atoms with Crippen molar-refractivity contribution >= 4 is 11.7 Å². The molecule has 0 atom stereocenters. The number of nitrogens with zero attached hydrogens (tertiary/aromatic N) is 5. The van der Waals surface area contributed by atoms with Crippen molar-refractivity contribution in [1.82, 2.24) is 19.9 Å². The summed E-state index contributed by atoms with van der Waals surface area (Å²) in [5.74, 6) is 0.340. The lowest BCUT2D eigenvalue weighted by molar-refractivity contribution is -0.136. The van der Waals surface area contributed by atoms with Gasteiger partial charge in [-0.3, -0.25) is 14.8 Å². The molecule has 0 spiro atoms. The molecule has 0 bridgehead atoms. The van der Waals surface area contributed by atoms with E-state index < -0.39 is 5.97 Å². The first-order valence-electron chi connectivity index (χ1n) is 11.1. The molecule has 0 unspecified atom stereocenters. The Kier molecular flexibility index (Phi) is 6.53. The lowest BCUT2D eigenvalue weighted by Crippen LogP contribution is -2.38. The highest BCUT2D eigenvalue weighted by atomic mass is 16.5. The first-order valence-corrected chi connectivity index (χ1v) is 11.1. The van der Waals surface area contributed by atoms with E-state index in [1.54, 1.807) is 30.9 Å². The molecule has 8 heteroatoms. The van der Waals surface area contributed by atoms with Crippen molar-refractivity contribution in [2.75, 3.05) is 18.0 Å². The van der Waals surface area contributed by atoms with Crippen LogP contribution in [0.2, 0.25) is 0 Å². The molecular weight excluding hydrogens is 418 g/mol. The van der Waals surface area contributed by atoms with Gasteiger partial charge >= 0.3 is 5.97 Å². The van der Waals surface area contributed by atoms with Crippen molar-refractivity contribution in [3.05, 3.63) is 60.1 Å². The first-order chi connectivity index (χ1) is 15.8. The number of anilines is 1. The Morgan fingerprint density at radius 3 is 2.45 bits per heavy atom. The molecule has 3 aromatic rings. The van der Waals surface area contributed by atoms with Crippen LogP contribution < -0.4 is 9.64 Å². The lowest BCUT2D eigenvalue weighted by atomic mass is 9.82. The predicted octanol–water partition coefficient (Wildman–Crippen LogP) is 4.07. The summed E-state index contributed by atoms with van der Waals surface area (Å²) in [6, 6.07) is 5.50. The second kappa shape index (κ2) is 9.52. The van der Waals surface area contributed by atoms with Crippen LogP contribution in [0.25, 0.3) is 11.3 Å². The zero-order valence-electron chi connectivity index (χ0n) is 19.3. The molecule has 1 N–H and O–H groups in total. The van der Waals surface area contributed by atoms with E-state index in [1.807, 2.05) is 19.1 Å². The second-order valence-electron chi connectivity index (χ2n) is 9.14. The molecule has 172 valence electrons. The van der Waals surface area contributed by atoms with Gasteiger partial charge in [0, 0.05) is 48.5 Å². The fourth-order valence-electron chi connectivity index (χ4n) is 4.06. The average Bonchev–Trinajstić information content (AvgIpc) is 2.80. The normalized spacial score (nSPS) is 15.3. The Morgan fingerprint density at radius 2 is 1.82 bits per heavy atom. The molecule has 4 heterocycles. The van der Waals surface area contributed by atoms with E-state index in [2.05, 4.69) is 38.7 Å². The molecule has 3 aromatic heterocycles. The summed E-state index contributed by atoms with van der Waals surface area (Å²) in [6.45, 7) is 8.42. The smallest absolute Gasteiger partial charge is 0.307 e. The van der Waals surface area contributed by atoms with Crippen LogP contribution >= 0.6 is 0 Å². The summed E-state index contributed by atoms with van der Waals surface area (Å²) < 4.78 is 5.76. The number of pyridine rings is 2. The van der Waals surface area contributed by atoms with Gasteiger partial charge in [-0.15, -0.1) is 0 Å². The number of hydrogen-bond donors (Lipinski definition) is 1. The summed E-state index contributed by atoms with van der Waals surface area (Å²) >= 11 is 0. The van der Waals surface area contributed by atoms with Crippen LogP contribution in [0.15, 0.2) is 43.0 Å². The molecule has 0 radical (unpaired) electrons. The molecule has 1 fully saturated rings. The summed E-state index contributed by atoms with van der Waals surface area (Å²) in [5.41, 5.74) is 4.28. The number of carboxylic acids is 1. The maximum Gasteiger partial charge on any atom is 0.307 e. The van der Waals surface area contributed by atoms with Gasteiger partial charge in [0.15, 0.2) is 5.82 Å². The number of hydrogen-bond acceptors (Lipinski definition) is 7. The molecule has 1 aliphatic heterocycles. The largest absolute Gasteiger partial charge is 0.484 e. The maximum absolute atomic E-state index is 11.7. The van der Waals surface area contributed by atoms with E-state index in [0.717, 1.165) is 54.1 Å². The van der Waals surface area contributed by atoms with Crippen molar-refractivity contribution in [3.63, 3.8) is 0 Å². The molecule has 4 rings (SSSR count). The summed E-state index contributed by atoms with van der Waals surface area (Å²) in [7, 11) is 0. The van der Waals surface area contributed by atoms with E-state index in [-0.39, 0.29) is 18.4 Å². The minimum atomic E-state index is -0.865. The van der Waals surface area contributed by atoms with Gasteiger partial charge < -0.3 is 14.7 Å². The van der Waals surface area contributed by atoms with E-state index in [1.165, 1.54) is 0 Å². The van der Waals surface area contributed by atoms with Crippen LogP contribution in [-0.4, -0.2) is 44.1 Å². The minimum Gasteiger partial charge on any atom is -0.484 e. The van der Waals surface area contributed by atoms with E-state index in [9.17, 15) is 9.90 Å². The van der Waals surface area contributed by atoms with Crippen molar-refractivity contribution in [2.45, 2.75) is 46.6 Å². The molecule has 1 saturated heterocycles. The van der Waals surface area contributed by atoms with Crippen molar-refractivity contribution in [3.8, 4) is 17.0 Å². The van der Waals surface area contributed by atoms with Crippen molar-refractivity contribution in [2.24, 2.45) is 5.41 Å². The Balaban J connectivity index is 1.64. The van der Waals surface area contributed by atoms with Gasteiger partial charge in [0.1, 0.15) is 12.4 Å². The third-order valence-corrected chi connectivity index (χ3v) is 6.13. The summed E-state index contributed by atoms with van der Waals surface area (Å²) in [4.78, 5) is 31.4. The van der Waals surface area contributed by atoms with Crippen LogP contribution in [-0.2, 0) is 17.8 Å². The minimum absolute atomic E-state index is 0.0693. The lowest BCUT2D eigenvalue weighted by Gasteiger charge is -2.40. The monoisotopic (exact) mass is 447 g/mol. The number of aromatic nitrogens is 4. The third-order valence-electron chi connectivity index (χ3n) is 6.13. The molecule has 8 nitrogen and oxygen atoms in total. The van der Waals surface area contributed by atoms with E-state index >= 15 is 0 Å². The average molecular weight is 448 g/mol. The predicted molar refractivity (Wildman–Crippen MR) is 125 cm³/mol. The van der Waals surface area contributed by atoms with E-state index in [4.69, 9.17) is 4.74 Å². The van der Waals surface area contributed by atoms with Crippen LogP contribution in [0.3, 0.4) is 0 Å².